The zero-order valence-corrected chi connectivity index (χ0v) is 15.3. The minimum Gasteiger partial charge on any atom is -0.361 e. The van der Waals surface area contributed by atoms with Gasteiger partial charge in [-0.3, -0.25) is 4.99 Å². The smallest absolute Gasteiger partial charge is 0.193 e. The number of aromatic amines is 1. The fourth-order valence-corrected chi connectivity index (χ4v) is 3.93. The van der Waals surface area contributed by atoms with E-state index in [0.29, 0.717) is 5.92 Å². The van der Waals surface area contributed by atoms with Crippen LogP contribution < -0.4 is 5.32 Å². The van der Waals surface area contributed by atoms with Crippen LogP contribution in [0.15, 0.2) is 65.8 Å². The van der Waals surface area contributed by atoms with Gasteiger partial charge in [0.1, 0.15) is 0 Å². The van der Waals surface area contributed by atoms with E-state index in [1.165, 1.54) is 28.5 Å². The summed E-state index contributed by atoms with van der Waals surface area (Å²) in [6.45, 7) is 2.99. The van der Waals surface area contributed by atoms with E-state index in [0.717, 1.165) is 32.0 Å². The summed E-state index contributed by atoms with van der Waals surface area (Å²) in [5.41, 5.74) is 3.99. The fraction of sp³-hybridized carbons (Fsp3) is 0.318. The van der Waals surface area contributed by atoms with Crippen molar-refractivity contribution >= 4 is 16.9 Å². The molecule has 4 heteroatoms. The van der Waals surface area contributed by atoms with Crippen LogP contribution in [0.1, 0.15) is 23.5 Å². The fourth-order valence-electron chi connectivity index (χ4n) is 3.93. The average molecular weight is 346 g/mol. The van der Waals surface area contributed by atoms with Crippen molar-refractivity contribution in [1.29, 1.82) is 0 Å². The average Bonchev–Trinajstić information content (AvgIpc) is 3.34. The molecule has 0 aliphatic carbocycles. The Balaban J connectivity index is 1.34. The molecule has 4 rings (SSSR count). The third kappa shape index (κ3) is 3.45. The second kappa shape index (κ2) is 7.65. The summed E-state index contributed by atoms with van der Waals surface area (Å²) in [4.78, 5) is 10.2. The van der Waals surface area contributed by atoms with Crippen LogP contribution in [0, 0.1) is 0 Å². The van der Waals surface area contributed by atoms with Gasteiger partial charge in [0.15, 0.2) is 5.96 Å². The number of para-hydroxylation sites is 1. The summed E-state index contributed by atoms with van der Waals surface area (Å²) < 4.78 is 0. The monoisotopic (exact) mass is 346 g/mol. The van der Waals surface area contributed by atoms with Gasteiger partial charge in [-0.1, -0.05) is 48.5 Å². The lowest BCUT2D eigenvalue weighted by Gasteiger charge is -2.21. The van der Waals surface area contributed by atoms with E-state index in [9.17, 15) is 0 Å². The third-order valence-corrected chi connectivity index (χ3v) is 5.32. The first-order chi connectivity index (χ1) is 12.8. The zero-order valence-electron chi connectivity index (χ0n) is 15.3. The molecule has 2 aromatic carbocycles. The summed E-state index contributed by atoms with van der Waals surface area (Å²) in [6, 6.07) is 19.3. The number of rotatable bonds is 4. The maximum atomic E-state index is 4.50. The second-order valence-corrected chi connectivity index (χ2v) is 6.93. The van der Waals surface area contributed by atoms with Crippen LogP contribution in [0.25, 0.3) is 10.9 Å². The van der Waals surface area contributed by atoms with Crippen LogP contribution in [0.5, 0.6) is 0 Å². The van der Waals surface area contributed by atoms with Crippen molar-refractivity contribution in [2.45, 2.75) is 18.8 Å². The van der Waals surface area contributed by atoms with Crippen molar-refractivity contribution in [2.24, 2.45) is 4.99 Å². The highest BCUT2D eigenvalue weighted by atomic mass is 15.3. The van der Waals surface area contributed by atoms with Crippen LogP contribution in [-0.2, 0) is 6.42 Å². The largest absolute Gasteiger partial charge is 0.361 e. The number of hydrogen-bond donors (Lipinski definition) is 2. The Morgan fingerprint density at radius 3 is 2.81 bits per heavy atom. The second-order valence-electron chi connectivity index (χ2n) is 6.93. The Morgan fingerprint density at radius 1 is 1.15 bits per heavy atom. The molecule has 4 nitrogen and oxygen atoms in total. The van der Waals surface area contributed by atoms with Gasteiger partial charge in [0.05, 0.1) is 0 Å². The van der Waals surface area contributed by atoms with Gasteiger partial charge < -0.3 is 15.2 Å². The van der Waals surface area contributed by atoms with Gasteiger partial charge in [-0.05, 0) is 30.0 Å². The van der Waals surface area contributed by atoms with Crippen LogP contribution in [0.2, 0.25) is 0 Å². The number of hydrogen-bond acceptors (Lipinski definition) is 1. The molecule has 1 aliphatic heterocycles. The minimum absolute atomic E-state index is 0.600. The molecule has 2 heterocycles. The number of nitrogens with zero attached hydrogens (tertiary/aromatic N) is 2. The Labute approximate surface area is 154 Å². The van der Waals surface area contributed by atoms with Crippen LogP contribution in [-0.4, -0.2) is 42.5 Å². The van der Waals surface area contributed by atoms with Crippen LogP contribution in [0.3, 0.4) is 0 Å². The van der Waals surface area contributed by atoms with Gasteiger partial charge in [0, 0.05) is 49.7 Å². The van der Waals surface area contributed by atoms with E-state index >= 15 is 0 Å². The molecule has 1 aliphatic rings. The molecular formula is C22H26N4. The minimum atomic E-state index is 0.600. The van der Waals surface area contributed by atoms with Gasteiger partial charge in [-0.2, -0.15) is 0 Å². The number of nitrogens with one attached hydrogen (secondary N) is 2. The first-order valence-electron chi connectivity index (χ1n) is 9.40. The summed E-state index contributed by atoms with van der Waals surface area (Å²) in [5, 5.41) is 4.86. The number of H-pyrrole nitrogens is 1. The topological polar surface area (TPSA) is 43.4 Å². The lowest BCUT2D eigenvalue weighted by molar-refractivity contribution is 0.486. The first kappa shape index (κ1) is 16.7. The molecule has 0 saturated carbocycles. The molecule has 0 spiro atoms. The molecule has 3 aromatic rings. The highest BCUT2D eigenvalue weighted by Gasteiger charge is 2.25. The zero-order chi connectivity index (χ0) is 17.8. The van der Waals surface area contributed by atoms with Crippen molar-refractivity contribution in [1.82, 2.24) is 15.2 Å². The van der Waals surface area contributed by atoms with Crippen LogP contribution >= 0.6 is 0 Å². The number of aliphatic imine (C=N–C) groups is 1. The van der Waals surface area contributed by atoms with Gasteiger partial charge >= 0.3 is 0 Å². The van der Waals surface area contributed by atoms with Gasteiger partial charge in [-0.25, -0.2) is 0 Å². The molecule has 1 atom stereocenters. The van der Waals surface area contributed by atoms with Crippen LogP contribution in [0.4, 0.5) is 0 Å². The summed E-state index contributed by atoms with van der Waals surface area (Å²) in [6.07, 6.45) is 4.29. The van der Waals surface area contributed by atoms with E-state index in [-0.39, 0.29) is 0 Å². The first-order valence-corrected chi connectivity index (χ1v) is 9.40. The van der Waals surface area contributed by atoms with E-state index in [1.807, 2.05) is 7.05 Å². The van der Waals surface area contributed by atoms with Crippen molar-refractivity contribution in [3.05, 3.63) is 71.9 Å². The Bertz CT molecular complexity index is 881. The van der Waals surface area contributed by atoms with Gasteiger partial charge in [0.2, 0.25) is 0 Å². The van der Waals surface area contributed by atoms with Crippen molar-refractivity contribution in [3.8, 4) is 0 Å². The lowest BCUT2D eigenvalue weighted by atomic mass is 9.99. The highest BCUT2D eigenvalue weighted by molar-refractivity contribution is 5.83. The molecule has 26 heavy (non-hydrogen) atoms. The highest BCUT2D eigenvalue weighted by Crippen LogP contribution is 2.26. The quantitative estimate of drug-likeness (QED) is 0.558. The van der Waals surface area contributed by atoms with E-state index in [2.05, 4.69) is 81.0 Å². The molecule has 1 unspecified atom stereocenters. The van der Waals surface area contributed by atoms with Gasteiger partial charge in [-0.15, -0.1) is 0 Å². The molecule has 1 fully saturated rings. The number of fused-ring (bicyclic) bond motifs is 1. The maximum absolute atomic E-state index is 4.50. The van der Waals surface area contributed by atoms with E-state index < -0.39 is 0 Å². The molecule has 0 amide bonds. The predicted octanol–water partition coefficient (Wildman–Crippen LogP) is 3.78. The van der Waals surface area contributed by atoms with Gasteiger partial charge in [0.25, 0.3) is 0 Å². The number of benzene rings is 2. The number of guanidine groups is 1. The number of aromatic nitrogens is 1. The molecule has 0 radical (unpaired) electrons. The molecular weight excluding hydrogens is 320 g/mol. The molecule has 1 aromatic heterocycles. The molecule has 134 valence electrons. The number of likely N-dealkylation sites (tertiary alicyclic amines) is 1. The third-order valence-electron chi connectivity index (χ3n) is 5.32. The Kier molecular flexibility index (Phi) is 4.91. The standard InChI is InChI=1S/C22H26N4/c1-23-22(26-14-12-19(16-26)17-7-3-2-4-8-17)24-13-11-18-15-25-21-10-6-5-9-20(18)21/h2-10,15,19,25H,11-14,16H2,1H3,(H,23,24). The summed E-state index contributed by atoms with van der Waals surface area (Å²) >= 11 is 0. The predicted molar refractivity (Wildman–Crippen MR) is 109 cm³/mol. The Hall–Kier alpha value is -2.75. The lowest BCUT2D eigenvalue weighted by Crippen LogP contribution is -2.40. The molecule has 0 bridgehead atoms. The molecule has 2 N–H and O–H groups in total. The Morgan fingerprint density at radius 2 is 1.96 bits per heavy atom. The molecule has 1 saturated heterocycles. The van der Waals surface area contributed by atoms with Crippen molar-refractivity contribution in [2.75, 3.05) is 26.7 Å². The summed E-state index contributed by atoms with van der Waals surface area (Å²) in [7, 11) is 1.88. The van der Waals surface area contributed by atoms with Crippen molar-refractivity contribution in [3.63, 3.8) is 0 Å². The van der Waals surface area contributed by atoms with E-state index in [1.54, 1.807) is 0 Å². The SMILES string of the molecule is CN=C(NCCc1c[nH]c2ccccc12)N1CCC(c2ccccc2)C1. The van der Waals surface area contributed by atoms with E-state index in [4.69, 9.17) is 0 Å². The normalized spacial score (nSPS) is 17.8. The summed E-state index contributed by atoms with van der Waals surface area (Å²) in [5.74, 6) is 1.62. The maximum Gasteiger partial charge on any atom is 0.193 e. The van der Waals surface area contributed by atoms with Crippen molar-refractivity contribution < 1.29 is 0 Å².